The molecule has 1 aliphatic carbocycles. The molecule has 1 aliphatic rings. The molecule has 121 heavy (non-hydrogen) atoms. The van der Waals surface area contributed by atoms with Gasteiger partial charge in [0.05, 0.1) is 57.4 Å². The van der Waals surface area contributed by atoms with Crippen molar-refractivity contribution in [2.45, 2.75) is 238 Å². The smallest absolute Gasteiger partial charge is 0.170 e. The minimum absolute atomic E-state index is 0.310. The number of hydrogen-bond donors (Lipinski definition) is 0. The number of nitrogens with zero attached hydrogens (tertiary/aromatic N) is 11. The van der Waals surface area contributed by atoms with Crippen molar-refractivity contribution >= 4 is 11.6 Å². The average molecular weight is 1650 g/mol. The molecule has 8 aromatic heterocycles. The van der Waals surface area contributed by atoms with Gasteiger partial charge in [0.25, 0.3) is 0 Å². The lowest BCUT2D eigenvalue weighted by Gasteiger charge is -2.08. The summed E-state index contributed by atoms with van der Waals surface area (Å²) in [6.07, 6.45) is 7.09. The van der Waals surface area contributed by atoms with E-state index >= 15 is 0 Å². The summed E-state index contributed by atoms with van der Waals surface area (Å²) < 4.78 is 30.7. The molecule has 16 nitrogen and oxygen atoms in total. The third-order valence-corrected chi connectivity index (χ3v) is 21.3. The van der Waals surface area contributed by atoms with E-state index in [1.165, 1.54) is 35.2 Å². The Labute approximate surface area is 724 Å². The van der Waals surface area contributed by atoms with Crippen LogP contribution in [0.4, 0.5) is 0 Å². The minimum atomic E-state index is 0.310. The molecule has 7 aromatic carbocycles. The number of halogens is 1. The topological polar surface area (TPSA) is 192 Å². The average Bonchev–Trinajstić information content (AvgIpc) is 1.60. The fraction of sp³-hybridized carbons (Fsp3) is 0.356. The molecule has 0 spiro atoms. The van der Waals surface area contributed by atoms with Gasteiger partial charge in [-0.25, -0.2) is 19.3 Å². The predicted molar refractivity (Wildman–Crippen MR) is 495 cm³/mol. The molecule has 0 amide bonds. The second-order valence-corrected chi connectivity index (χ2v) is 34.5. The second-order valence-electron chi connectivity index (χ2n) is 34.1. The number of benzene rings is 7. The van der Waals surface area contributed by atoms with E-state index in [1.807, 2.05) is 179 Å². The lowest BCUT2D eigenvalue weighted by molar-refractivity contribution is 0.352. The monoisotopic (exact) mass is 1640 g/mol. The van der Waals surface area contributed by atoms with Crippen molar-refractivity contribution in [2.24, 2.45) is 5.92 Å². The molecule has 16 rings (SSSR count). The Kier molecular flexibility index (Phi) is 34.4. The van der Waals surface area contributed by atoms with Crippen molar-refractivity contribution in [3.05, 3.63) is 327 Å². The first kappa shape index (κ1) is 93.2. The highest BCUT2D eigenvalue weighted by molar-refractivity contribution is 6.33. The van der Waals surface area contributed by atoms with E-state index < -0.39 is 0 Å². The van der Waals surface area contributed by atoms with Gasteiger partial charge in [-0.05, 0) is 143 Å². The van der Waals surface area contributed by atoms with E-state index in [9.17, 15) is 0 Å². The Bertz CT molecular complexity index is 5340. The molecule has 0 N–H and O–H groups in total. The van der Waals surface area contributed by atoms with Gasteiger partial charge in [-0.2, -0.15) is 10.2 Å². The van der Waals surface area contributed by atoms with E-state index in [1.54, 1.807) is 6.33 Å². The van der Waals surface area contributed by atoms with Gasteiger partial charge in [-0.3, -0.25) is 0 Å². The summed E-state index contributed by atoms with van der Waals surface area (Å²) in [4.78, 5) is 8.53. The second kappa shape index (κ2) is 44.6. The van der Waals surface area contributed by atoms with Crippen molar-refractivity contribution < 1.29 is 22.6 Å². The van der Waals surface area contributed by atoms with Crippen LogP contribution in [0.2, 0.25) is 5.02 Å². The van der Waals surface area contributed by atoms with Crippen LogP contribution in [0, 0.1) is 40.5 Å². The molecule has 0 unspecified atom stereocenters. The molecule has 0 radical (unpaired) electrons. The lowest BCUT2D eigenvalue weighted by atomic mass is 9.98. The fourth-order valence-corrected chi connectivity index (χ4v) is 14.0. The van der Waals surface area contributed by atoms with Gasteiger partial charge in [0.15, 0.2) is 11.5 Å². The quantitative estimate of drug-likeness (QED) is 0.0788. The third-order valence-electron chi connectivity index (χ3n) is 21.0. The first-order valence-corrected chi connectivity index (χ1v) is 43.1. The van der Waals surface area contributed by atoms with E-state index in [0.717, 1.165) is 142 Å². The highest BCUT2D eigenvalue weighted by Gasteiger charge is 2.44. The van der Waals surface area contributed by atoms with Crippen LogP contribution < -0.4 is 0 Å². The molecule has 634 valence electrons. The Morgan fingerprint density at radius 3 is 1.34 bits per heavy atom. The van der Waals surface area contributed by atoms with Crippen LogP contribution >= 0.6 is 11.6 Å². The van der Waals surface area contributed by atoms with Crippen molar-refractivity contribution in [3.63, 3.8) is 0 Å². The fourth-order valence-electron chi connectivity index (χ4n) is 13.7. The Morgan fingerprint density at radius 2 is 0.876 bits per heavy atom. The van der Waals surface area contributed by atoms with Gasteiger partial charge < -0.3 is 22.6 Å². The summed E-state index contributed by atoms with van der Waals surface area (Å²) in [7, 11) is 0. The van der Waals surface area contributed by atoms with E-state index in [-0.39, 0.29) is 0 Å². The van der Waals surface area contributed by atoms with Gasteiger partial charge in [0.1, 0.15) is 29.3 Å². The largest absolute Gasteiger partial charge is 0.361 e. The highest BCUT2D eigenvalue weighted by Crippen LogP contribution is 2.50. The molecule has 17 heteroatoms. The van der Waals surface area contributed by atoms with Gasteiger partial charge in [0.2, 0.25) is 0 Å². The van der Waals surface area contributed by atoms with Crippen LogP contribution in [-0.4, -0.2) is 55.3 Å². The van der Waals surface area contributed by atoms with Crippen LogP contribution in [0.15, 0.2) is 260 Å². The third kappa shape index (κ3) is 25.7. The molecule has 0 saturated heterocycles. The van der Waals surface area contributed by atoms with Gasteiger partial charge in [-0.15, -0.1) is 0 Å². The molecule has 0 aliphatic heterocycles. The molecule has 0 atom stereocenters. The molecule has 15 aromatic rings. The summed E-state index contributed by atoms with van der Waals surface area (Å²) in [6, 6.07) is 74.8. The van der Waals surface area contributed by atoms with Crippen LogP contribution in [0.5, 0.6) is 0 Å². The van der Waals surface area contributed by atoms with Crippen LogP contribution in [-0.2, 0) is 11.8 Å². The predicted octanol–water partition coefficient (Wildman–Crippen LogP) is 29.4. The van der Waals surface area contributed by atoms with Crippen molar-refractivity contribution in [2.75, 3.05) is 0 Å². The number of aromatic nitrogens is 11. The highest BCUT2D eigenvalue weighted by atomic mass is 35.5. The standard InChI is InChI=1S/C18H17ClN2.C13H16N2.C13H14N2.2C13H15NO.C12H13NO.C11H17NO.C11H19NO/c1-13(2)17-12-18(15-10-6-7-11-16(15)19)21(20-17)14-8-4-3-5-9-14;1-10(2)13-9-14-15(11(13)3)12-7-5-4-6-8-12;1-10(2)12-8-13(15-9-14-12)11-6-4-3-5-7-11;1-9(2)13-10(3)12(14-15-13)11-7-5-4-6-8-11;1-9(2)12-10(3)13(15-14-12)11-7-5-4-6-8-11;1-9(2)11-8-12(14-13-11)10-6-4-3-5-7-10;1-7(2)9-8(3)10(13-12-9)11(4)5-6-11;1-7(2)6-10-9(5)11(8(3)4)12-13-10/h3-13H,1-2H3;4-10H,1-3H3;3-10H,1-2H3;2*4-9H,1-3H3;3-9H,1-2H3;7H,5-6H2,1-4H3;7-8H,6H2,1-5H3. The SMILES string of the molecule is CC(C)c1cc(-c2ccccc2)ncn1.CC(C)c1cc(-c2ccccc2)on1.CC(C)c1cc(-c2ccccc2Cl)n(-c2ccccc2)n1.Cc1c(-c2ccccc2)noc1C(C)C.Cc1c(C(C)C)cnn1-c1ccccc1.Cc1c(C(C)C)noc1-c1ccccc1.Cc1c(C(C)C)noc1C1(C)CC1.Cc1c(C(C)C)noc1CC(C)C. The first-order chi connectivity index (χ1) is 57.9. The molecular formula is C104H126ClN11O5. The minimum Gasteiger partial charge on any atom is -0.361 e. The Balaban J connectivity index is 0.000000158. The Hall–Kier alpha value is -11.6. The van der Waals surface area contributed by atoms with E-state index in [4.69, 9.17) is 39.3 Å². The van der Waals surface area contributed by atoms with Crippen molar-refractivity contribution in [3.8, 4) is 67.8 Å². The number of para-hydroxylation sites is 2. The zero-order valence-electron chi connectivity index (χ0n) is 75.7. The zero-order chi connectivity index (χ0) is 87.6. The van der Waals surface area contributed by atoms with E-state index in [2.05, 4.69) is 268 Å². The summed E-state index contributed by atoms with van der Waals surface area (Å²) in [6.45, 7) is 51.4. The van der Waals surface area contributed by atoms with Crippen molar-refractivity contribution in [1.29, 1.82) is 0 Å². The summed E-state index contributed by atoms with van der Waals surface area (Å²) >= 11 is 6.37. The van der Waals surface area contributed by atoms with Crippen LogP contribution in [0.25, 0.3) is 67.8 Å². The molecule has 1 fully saturated rings. The number of rotatable bonds is 18. The normalized spacial score (nSPS) is 11.9. The maximum absolute atomic E-state index is 6.37. The van der Waals surface area contributed by atoms with Gasteiger partial charge in [0, 0.05) is 90.3 Å². The molecule has 1 saturated carbocycles. The van der Waals surface area contributed by atoms with E-state index in [0.29, 0.717) is 58.7 Å². The Morgan fingerprint density at radius 1 is 0.397 bits per heavy atom. The maximum atomic E-state index is 6.37. The number of hydrogen-bond acceptors (Lipinski definition) is 14. The van der Waals surface area contributed by atoms with Gasteiger partial charge in [-0.1, -0.05) is 345 Å². The van der Waals surface area contributed by atoms with Crippen LogP contribution in [0.3, 0.4) is 0 Å². The summed E-state index contributed by atoms with van der Waals surface area (Å²) in [5, 5.41) is 30.4. The maximum Gasteiger partial charge on any atom is 0.170 e. The zero-order valence-corrected chi connectivity index (χ0v) is 76.4. The van der Waals surface area contributed by atoms with Gasteiger partial charge >= 0.3 is 0 Å². The summed E-state index contributed by atoms with van der Waals surface area (Å²) in [5.74, 6) is 9.00. The molecule has 0 bridgehead atoms. The summed E-state index contributed by atoms with van der Waals surface area (Å²) in [5.41, 5.74) is 24.7. The molecular weight excluding hydrogens is 1520 g/mol. The lowest BCUT2D eigenvalue weighted by Crippen LogP contribution is -2.00. The molecule has 8 heterocycles. The first-order valence-electron chi connectivity index (χ1n) is 42.7. The van der Waals surface area contributed by atoms with Crippen molar-refractivity contribution in [1.82, 2.24) is 55.3 Å². The van der Waals surface area contributed by atoms with Crippen LogP contribution in [0.1, 0.15) is 277 Å².